The van der Waals surface area contributed by atoms with Crippen LogP contribution in [0.4, 0.5) is 5.69 Å². The average molecular weight is 692 g/mol. The monoisotopic (exact) mass is 692 g/mol. The van der Waals surface area contributed by atoms with Gasteiger partial charge in [0.15, 0.2) is 14.7 Å². The van der Waals surface area contributed by atoms with Crippen molar-refractivity contribution >= 4 is 67.7 Å². The highest BCUT2D eigenvalue weighted by molar-refractivity contribution is 14.1. The number of anilines is 1. The van der Waals surface area contributed by atoms with Crippen molar-refractivity contribution in [3.63, 3.8) is 0 Å². The van der Waals surface area contributed by atoms with E-state index in [1.54, 1.807) is 6.07 Å². The Morgan fingerprint density at radius 1 is 0.794 bits per heavy atom. The predicted molar refractivity (Wildman–Crippen MR) is 156 cm³/mol. The number of nitrogens with two attached hydrogens (primary N) is 1. The Morgan fingerprint density at radius 2 is 1.29 bits per heavy atom. The summed E-state index contributed by atoms with van der Waals surface area (Å²) in [6.07, 6.45) is 0. The number of esters is 1. The van der Waals surface area contributed by atoms with E-state index >= 15 is 0 Å². The van der Waals surface area contributed by atoms with Gasteiger partial charge in [0.25, 0.3) is 0 Å². The molecular formula is C28H24I2NO2S+. The first kappa shape index (κ1) is 25.1. The van der Waals surface area contributed by atoms with Crippen LogP contribution in [0, 0.1) is 7.14 Å². The lowest BCUT2D eigenvalue weighted by Crippen LogP contribution is -2.26. The molecule has 0 heterocycles. The molecule has 0 fully saturated rings. The maximum Gasteiger partial charge on any atom is 0.341 e. The lowest BCUT2D eigenvalue weighted by atomic mass is 9.98. The zero-order chi connectivity index (χ0) is 24.3. The first-order chi connectivity index (χ1) is 16.3. The number of nitrogen functional groups attached to an aromatic ring is 1. The van der Waals surface area contributed by atoms with Crippen molar-refractivity contribution in [2.75, 3.05) is 5.73 Å². The quantitative estimate of drug-likeness (QED) is 0.0978. The Bertz CT molecular complexity index is 1250. The summed E-state index contributed by atoms with van der Waals surface area (Å²) in [7, 11) is -0.224. The van der Waals surface area contributed by atoms with Crippen LogP contribution in [0.2, 0.25) is 0 Å². The van der Waals surface area contributed by atoms with Crippen molar-refractivity contribution in [2.45, 2.75) is 34.1 Å². The van der Waals surface area contributed by atoms with Crippen LogP contribution in [-0.4, -0.2) is 5.97 Å². The van der Waals surface area contributed by atoms with E-state index in [1.165, 1.54) is 14.7 Å². The van der Waals surface area contributed by atoms with Gasteiger partial charge in [-0.3, -0.25) is 0 Å². The van der Waals surface area contributed by atoms with Gasteiger partial charge in [0.2, 0.25) is 0 Å². The predicted octanol–water partition coefficient (Wildman–Crippen LogP) is 7.67. The van der Waals surface area contributed by atoms with E-state index in [0.717, 1.165) is 12.7 Å². The number of rotatable bonds is 6. The summed E-state index contributed by atoms with van der Waals surface area (Å²) in [6.45, 7) is 3.81. The first-order valence-electron chi connectivity index (χ1n) is 10.7. The average Bonchev–Trinajstić information content (AvgIpc) is 2.83. The molecule has 0 aliphatic rings. The number of ether oxygens (including phenoxy) is 1. The SMILES string of the molecule is CC(C)(OC(=O)c1cc(I)cc(I)c1N)c1ccc([S+](c2ccccc2)c2ccccc2)cc1. The Kier molecular flexibility index (Phi) is 7.89. The first-order valence-corrected chi connectivity index (χ1v) is 14.1. The number of benzene rings is 4. The Labute approximate surface area is 230 Å². The molecule has 0 spiro atoms. The largest absolute Gasteiger partial charge is 0.451 e. The zero-order valence-electron chi connectivity index (χ0n) is 18.8. The summed E-state index contributed by atoms with van der Waals surface area (Å²) in [5.41, 5.74) is 7.12. The van der Waals surface area contributed by atoms with Gasteiger partial charge in [-0.25, -0.2) is 4.79 Å². The van der Waals surface area contributed by atoms with Crippen LogP contribution < -0.4 is 5.73 Å². The molecule has 3 nitrogen and oxygen atoms in total. The van der Waals surface area contributed by atoms with Gasteiger partial charge >= 0.3 is 5.97 Å². The van der Waals surface area contributed by atoms with Gasteiger partial charge in [-0.2, -0.15) is 0 Å². The molecule has 0 aliphatic heterocycles. The smallest absolute Gasteiger partial charge is 0.341 e. The van der Waals surface area contributed by atoms with E-state index in [1.807, 2.05) is 32.0 Å². The molecule has 34 heavy (non-hydrogen) atoms. The minimum absolute atomic E-state index is 0.224. The summed E-state index contributed by atoms with van der Waals surface area (Å²) < 4.78 is 7.73. The second kappa shape index (κ2) is 10.7. The third-order valence-electron chi connectivity index (χ3n) is 5.41. The van der Waals surface area contributed by atoms with Crippen LogP contribution in [0.15, 0.2) is 112 Å². The number of hydrogen-bond donors (Lipinski definition) is 1. The lowest BCUT2D eigenvalue weighted by molar-refractivity contribution is -0.00304. The number of halogens is 2. The van der Waals surface area contributed by atoms with Crippen LogP contribution in [0.3, 0.4) is 0 Å². The number of hydrogen-bond acceptors (Lipinski definition) is 3. The highest BCUT2D eigenvalue weighted by Gasteiger charge is 2.31. The van der Waals surface area contributed by atoms with Gasteiger partial charge in [0, 0.05) is 7.14 Å². The molecule has 4 aromatic rings. The minimum Gasteiger partial charge on any atom is -0.451 e. The molecule has 6 heteroatoms. The summed E-state index contributed by atoms with van der Waals surface area (Å²) in [4.78, 5) is 16.7. The van der Waals surface area contributed by atoms with Gasteiger partial charge in [0.1, 0.15) is 5.60 Å². The van der Waals surface area contributed by atoms with Crippen LogP contribution in [0.25, 0.3) is 0 Å². The molecule has 0 aromatic heterocycles. The molecule has 4 aromatic carbocycles. The third kappa shape index (κ3) is 5.60. The summed E-state index contributed by atoms with van der Waals surface area (Å²) in [6, 6.07) is 33.1. The maximum absolute atomic E-state index is 13.0. The molecule has 0 saturated carbocycles. The van der Waals surface area contributed by atoms with E-state index in [4.69, 9.17) is 10.5 Å². The highest BCUT2D eigenvalue weighted by atomic mass is 127. The molecule has 0 aliphatic carbocycles. The van der Waals surface area contributed by atoms with E-state index in [9.17, 15) is 4.79 Å². The summed E-state index contributed by atoms with van der Waals surface area (Å²) >= 11 is 4.32. The van der Waals surface area contributed by atoms with Crippen LogP contribution in [0.5, 0.6) is 0 Å². The third-order valence-corrected chi connectivity index (χ3v) is 9.15. The molecule has 2 N–H and O–H groups in total. The molecule has 0 unspecified atom stereocenters. The van der Waals surface area contributed by atoms with E-state index in [2.05, 4.69) is 118 Å². The molecule has 172 valence electrons. The molecular weight excluding hydrogens is 668 g/mol. The van der Waals surface area contributed by atoms with Crippen molar-refractivity contribution in [3.8, 4) is 0 Å². The van der Waals surface area contributed by atoms with Crippen molar-refractivity contribution in [2.24, 2.45) is 0 Å². The molecule has 4 rings (SSSR count). The van der Waals surface area contributed by atoms with Crippen molar-refractivity contribution in [1.29, 1.82) is 0 Å². The van der Waals surface area contributed by atoms with Gasteiger partial charge < -0.3 is 10.5 Å². The summed E-state index contributed by atoms with van der Waals surface area (Å²) in [5.74, 6) is -0.420. The van der Waals surface area contributed by atoms with E-state index in [0.29, 0.717) is 11.3 Å². The van der Waals surface area contributed by atoms with E-state index < -0.39 is 11.6 Å². The second-order valence-electron chi connectivity index (χ2n) is 8.21. The lowest BCUT2D eigenvalue weighted by Gasteiger charge is -2.26. The summed E-state index contributed by atoms with van der Waals surface area (Å²) in [5, 5.41) is 0. The Hall–Kier alpha value is -2.04. The van der Waals surface area contributed by atoms with Gasteiger partial charge in [-0.1, -0.05) is 48.5 Å². The van der Waals surface area contributed by atoms with E-state index in [-0.39, 0.29) is 10.9 Å². The van der Waals surface area contributed by atoms with Gasteiger partial charge in [0.05, 0.1) is 22.1 Å². The number of carbonyl (C=O) groups is 1. The molecule has 0 radical (unpaired) electrons. The molecule has 0 bridgehead atoms. The minimum atomic E-state index is -0.813. The normalized spacial score (nSPS) is 11.4. The topological polar surface area (TPSA) is 52.3 Å². The second-order valence-corrected chi connectivity index (χ2v) is 12.6. The fraction of sp³-hybridized carbons (Fsp3) is 0.107. The van der Waals surface area contributed by atoms with Gasteiger partial charge in [-0.05, 0) is 113 Å². The van der Waals surface area contributed by atoms with Crippen molar-refractivity contribution in [3.05, 3.63) is 115 Å². The number of carbonyl (C=O) groups excluding carboxylic acids is 1. The van der Waals surface area contributed by atoms with Crippen molar-refractivity contribution < 1.29 is 9.53 Å². The van der Waals surface area contributed by atoms with Gasteiger partial charge in [-0.15, -0.1) is 0 Å². The van der Waals surface area contributed by atoms with Crippen LogP contribution in [-0.2, 0) is 21.2 Å². The molecule has 0 amide bonds. The zero-order valence-corrected chi connectivity index (χ0v) is 23.9. The van der Waals surface area contributed by atoms with Crippen LogP contribution in [0.1, 0.15) is 29.8 Å². The highest BCUT2D eigenvalue weighted by Crippen LogP contribution is 2.34. The Morgan fingerprint density at radius 3 is 1.82 bits per heavy atom. The fourth-order valence-corrected chi connectivity index (χ4v) is 7.54. The Balaban J connectivity index is 1.62. The van der Waals surface area contributed by atoms with Crippen molar-refractivity contribution in [1.82, 2.24) is 0 Å². The van der Waals surface area contributed by atoms with Crippen LogP contribution >= 0.6 is 45.2 Å². The fourth-order valence-electron chi connectivity index (χ4n) is 3.61. The maximum atomic E-state index is 13.0. The standard InChI is InChI=1S/C28H23I2NO2S/c1-28(2,33-27(32)24-17-20(29)18-25(30)26(24)31)19-13-15-23(16-14-19)34(21-9-5-3-6-10-21)22-11-7-4-8-12-22/h3-18H,1-2H3,(H-,31,32)/p+1. The molecule has 0 atom stereocenters. The molecule has 0 saturated heterocycles.